The lowest BCUT2D eigenvalue weighted by atomic mass is 10.3. The molecule has 5 nitrogen and oxygen atoms in total. The van der Waals surface area contributed by atoms with Crippen molar-refractivity contribution in [2.75, 3.05) is 7.11 Å². The maximum atomic E-state index is 11.3. The molecule has 0 radical (unpaired) electrons. The zero-order chi connectivity index (χ0) is 10.8. The molecule has 2 rings (SSSR count). The molecule has 2 aromatic rings. The van der Waals surface area contributed by atoms with Crippen LogP contribution in [0.25, 0.3) is 5.65 Å². The number of ether oxygens (including phenoxy) is 1. The molecule has 0 aliphatic heterocycles. The molecule has 0 amide bonds. The molecule has 5 heteroatoms. The fourth-order valence-electron chi connectivity index (χ4n) is 1.42. The van der Waals surface area contributed by atoms with Gasteiger partial charge in [-0.1, -0.05) is 0 Å². The summed E-state index contributed by atoms with van der Waals surface area (Å²) in [5, 5.41) is 0. The van der Waals surface area contributed by atoms with Crippen LogP contribution in [0.4, 0.5) is 0 Å². The minimum atomic E-state index is -0.367. The second kappa shape index (κ2) is 3.70. The molecule has 2 heterocycles. The molecule has 0 aromatic carbocycles. The van der Waals surface area contributed by atoms with Crippen molar-refractivity contribution in [1.29, 1.82) is 0 Å². The molecule has 0 atom stereocenters. The number of hydrogen-bond acceptors (Lipinski definition) is 4. The highest BCUT2D eigenvalue weighted by Crippen LogP contribution is 2.09. The molecule has 0 bridgehead atoms. The van der Waals surface area contributed by atoms with Crippen LogP contribution in [-0.4, -0.2) is 22.5 Å². The molecular weight excluding hydrogens is 194 g/mol. The zero-order valence-electron chi connectivity index (χ0n) is 8.30. The Kier molecular flexibility index (Phi) is 2.39. The third-order valence-electron chi connectivity index (χ3n) is 2.21. The highest BCUT2D eigenvalue weighted by molar-refractivity contribution is 5.89. The van der Waals surface area contributed by atoms with Gasteiger partial charge in [-0.05, 0) is 12.1 Å². The first-order chi connectivity index (χ1) is 7.26. The summed E-state index contributed by atoms with van der Waals surface area (Å²) in [5.41, 5.74) is 7.65. The van der Waals surface area contributed by atoms with Crippen molar-refractivity contribution in [3.05, 3.63) is 35.8 Å². The predicted octanol–water partition coefficient (Wildman–Crippen LogP) is 0.580. The number of rotatable bonds is 2. The maximum Gasteiger partial charge on any atom is 0.339 e. The number of methoxy groups -OCH3 is 1. The van der Waals surface area contributed by atoms with Crippen molar-refractivity contribution in [3.8, 4) is 0 Å². The highest BCUT2D eigenvalue weighted by Gasteiger charge is 2.08. The number of pyridine rings is 1. The van der Waals surface area contributed by atoms with Gasteiger partial charge < -0.3 is 14.9 Å². The average Bonchev–Trinajstić information content (AvgIpc) is 2.69. The lowest BCUT2D eigenvalue weighted by Crippen LogP contribution is -2.05. The molecule has 15 heavy (non-hydrogen) atoms. The lowest BCUT2D eigenvalue weighted by molar-refractivity contribution is 0.0600. The van der Waals surface area contributed by atoms with E-state index < -0.39 is 0 Å². The van der Waals surface area contributed by atoms with Crippen molar-refractivity contribution >= 4 is 11.6 Å². The van der Waals surface area contributed by atoms with Crippen molar-refractivity contribution in [3.63, 3.8) is 0 Å². The lowest BCUT2D eigenvalue weighted by Gasteiger charge is -2.02. The van der Waals surface area contributed by atoms with E-state index in [-0.39, 0.29) is 5.97 Å². The van der Waals surface area contributed by atoms with E-state index in [2.05, 4.69) is 9.72 Å². The van der Waals surface area contributed by atoms with Crippen LogP contribution in [0.15, 0.2) is 24.5 Å². The van der Waals surface area contributed by atoms with E-state index in [0.717, 1.165) is 11.3 Å². The van der Waals surface area contributed by atoms with Crippen LogP contribution in [0.1, 0.15) is 16.1 Å². The number of imidazole rings is 1. The summed E-state index contributed by atoms with van der Waals surface area (Å²) in [7, 11) is 1.35. The summed E-state index contributed by atoms with van der Waals surface area (Å²) in [5.74, 6) is -0.367. The van der Waals surface area contributed by atoms with Gasteiger partial charge in [-0.3, -0.25) is 0 Å². The zero-order valence-corrected chi connectivity index (χ0v) is 8.30. The van der Waals surface area contributed by atoms with Gasteiger partial charge in [-0.2, -0.15) is 0 Å². The van der Waals surface area contributed by atoms with Gasteiger partial charge in [0.25, 0.3) is 0 Å². The van der Waals surface area contributed by atoms with Gasteiger partial charge in [0.15, 0.2) is 0 Å². The summed E-state index contributed by atoms with van der Waals surface area (Å²) in [4.78, 5) is 15.4. The van der Waals surface area contributed by atoms with E-state index in [0.29, 0.717) is 12.1 Å². The van der Waals surface area contributed by atoms with E-state index >= 15 is 0 Å². The van der Waals surface area contributed by atoms with E-state index in [1.54, 1.807) is 28.9 Å². The first-order valence-electron chi connectivity index (χ1n) is 4.50. The van der Waals surface area contributed by atoms with Crippen LogP contribution < -0.4 is 5.73 Å². The van der Waals surface area contributed by atoms with Crippen LogP contribution >= 0.6 is 0 Å². The van der Waals surface area contributed by atoms with E-state index in [9.17, 15) is 4.79 Å². The number of esters is 1. The van der Waals surface area contributed by atoms with Crippen molar-refractivity contribution in [1.82, 2.24) is 9.38 Å². The van der Waals surface area contributed by atoms with Crippen LogP contribution in [0.3, 0.4) is 0 Å². The third kappa shape index (κ3) is 1.57. The number of hydrogen-bond donors (Lipinski definition) is 1. The molecule has 0 aliphatic carbocycles. The largest absolute Gasteiger partial charge is 0.465 e. The second-order valence-electron chi connectivity index (χ2n) is 3.09. The Bertz CT molecular complexity index is 504. The molecule has 0 unspecified atom stereocenters. The topological polar surface area (TPSA) is 69.6 Å². The predicted molar refractivity (Wildman–Crippen MR) is 54.4 cm³/mol. The number of carbonyl (C=O) groups is 1. The molecule has 0 aliphatic rings. The minimum Gasteiger partial charge on any atom is -0.465 e. The smallest absolute Gasteiger partial charge is 0.339 e. The van der Waals surface area contributed by atoms with E-state index in [1.165, 1.54) is 7.11 Å². The molecule has 2 N–H and O–H groups in total. The Balaban J connectivity index is 2.57. The minimum absolute atomic E-state index is 0.367. The summed E-state index contributed by atoms with van der Waals surface area (Å²) in [6.45, 7) is 0.381. The number of nitrogens with two attached hydrogens (primary N) is 1. The van der Waals surface area contributed by atoms with Gasteiger partial charge in [-0.25, -0.2) is 9.78 Å². The van der Waals surface area contributed by atoms with Gasteiger partial charge in [-0.15, -0.1) is 0 Å². The summed E-state index contributed by atoms with van der Waals surface area (Å²) < 4.78 is 6.42. The van der Waals surface area contributed by atoms with Crippen LogP contribution in [0.2, 0.25) is 0 Å². The first kappa shape index (κ1) is 9.67. The fourth-order valence-corrected chi connectivity index (χ4v) is 1.42. The second-order valence-corrected chi connectivity index (χ2v) is 3.09. The fraction of sp³-hybridized carbons (Fsp3) is 0.200. The molecular formula is C10H11N3O2. The van der Waals surface area contributed by atoms with E-state index in [1.807, 2.05) is 0 Å². The summed E-state index contributed by atoms with van der Waals surface area (Å²) in [6, 6.07) is 3.43. The Hall–Kier alpha value is -1.88. The summed E-state index contributed by atoms with van der Waals surface area (Å²) in [6.07, 6.45) is 3.37. The van der Waals surface area contributed by atoms with Crippen molar-refractivity contribution < 1.29 is 9.53 Å². The first-order valence-corrected chi connectivity index (χ1v) is 4.50. The molecule has 0 saturated heterocycles. The Labute approximate surface area is 86.5 Å². The van der Waals surface area contributed by atoms with Crippen LogP contribution in [-0.2, 0) is 11.3 Å². The van der Waals surface area contributed by atoms with Crippen molar-refractivity contribution in [2.45, 2.75) is 6.54 Å². The monoisotopic (exact) mass is 205 g/mol. The quantitative estimate of drug-likeness (QED) is 0.728. The Morgan fingerprint density at radius 3 is 3.07 bits per heavy atom. The van der Waals surface area contributed by atoms with Gasteiger partial charge in [0.05, 0.1) is 24.6 Å². The molecule has 0 saturated carbocycles. The van der Waals surface area contributed by atoms with E-state index in [4.69, 9.17) is 5.73 Å². The van der Waals surface area contributed by atoms with Gasteiger partial charge in [0, 0.05) is 12.7 Å². The number of aromatic nitrogens is 2. The average molecular weight is 205 g/mol. The number of nitrogens with zero attached hydrogens (tertiary/aromatic N) is 2. The van der Waals surface area contributed by atoms with Crippen LogP contribution in [0, 0.1) is 0 Å². The van der Waals surface area contributed by atoms with Gasteiger partial charge in [0.1, 0.15) is 5.65 Å². The molecule has 2 aromatic heterocycles. The molecule has 0 spiro atoms. The van der Waals surface area contributed by atoms with Crippen molar-refractivity contribution in [2.24, 2.45) is 5.73 Å². The normalized spacial score (nSPS) is 10.5. The molecule has 0 fully saturated rings. The maximum absolute atomic E-state index is 11.3. The SMILES string of the molecule is COC(=O)c1ccc2ncc(CN)n2c1. The van der Waals surface area contributed by atoms with Crippen LogP contribution in [0.5, 0.6) is 0 Å². The third-order valence-corrected chi connectivity index (χ3v) is 2.21. The van der Waals surface area contributed by atoms with Gasteiger partial charge in [0.2, 0.25) is 0 Å². The highest BCUT2D eigenvalue weighted by atomic mass is 16.5. The number of carbonyl (C=O) groups excluding carboxylic acids is 1. The number of fused-ring (bicyclic) bond motifs is 1. The Morgan fingerprint density at radius 2 is 2.40 bits per heavy atom. The molecule has 78 valence electrons. The summed E-state index contributed by atoms with van der Waals surface area (Å²) >= 11 is 0. The standard InChI is InChI=1S/C10H11N3O2/c1-15-10(14)7-2-3-9-12-5-8(4-11)13(9)6-7/h2-3,5-6H,4,11H2,1H3. The Morgan fingerprint density at radius 1 is 1.60 bits per heavy atom. The van der Waals surface area contributed by atoms with Gasteiger partial charge >= 0.3 is 5.97 Å².